The fourth-order valence-corrected chi connectivity index (χ4v) is 0.625. The van der Waals surface area contributed by atoms with Crippen LogP contribution in [0.1, 0.15) is 5.56 Å². The smallest absolute Gasteiger partial charge is 0.130 e. The van der Waals surface area contributed by atoms with Gasteiger partial charge in [-0.1, -0.05) is 0 Å². The molecule has 0 bridgehead atoms. The molecule has 0 atom stereocenters. The average Bonchev–Trinajstić information content (AvgIpc) is 1.94. The molecule has 0 amide bonds. The Morgan fingerprint density at radius 1 is 1.70 bits per heavy atom. The first-order valence-electron chi connectivity index (χ1n) is 2.80. The van der Waals surface area contributed by atoms with Crippen molar-refractivity contribution in [3.8, 4) is 6.07 Å². The molecule has 1 aromatic rings. The van der Waals surface area contributed by atoms with Gasteiger partial charge in [0.2, 0.25) is 0 Å². The minimum atomic E-state index is -0.364. The summed E-state index contributed by atoms with van der Waals surface area (Å²) >= 11 is 0. The monoisotopic (exact) mass is 136 g/mol. The molecule has 0 aliphatic rings. The highest BCUT2D eigenvalue weighted by Gasteiger charge is 1.97. The standard InChI is InChI=1S/C7H5FN2/c8-7-2-4-10-5-6(7)1-3-9/h2,4-5H,1H2. The Morgan fingerprint density at radius 3 is 3.10 bits per heavy atom. The molecule has 1 rings (SSSR count). The van der Waals surface area contributed by atoms with Gasteiger partial charge in [-0.2, -0.15) is 5.26 Å². The molecule has 0 spiro atoms. The van der Waals surface area contributed by atoms with Crippen LogP contribution in [0, 0.1) is 17.1 Å². The Bertz CT molecular complexity index is 265. The summed E-state index contributed by atoms with van der Waals surface area (Å²) in [5, 5.41) is 8.20. The predicted octanol–water partition coefficient (Wildman–Crippen LogP) is 1.29. The van der Waals surface area contributed by atoms with Crippen molar-refractivity contribution >= 4 is 0 Å². The summed E-state index contributed by atoms with van der Waals surface area (Å²) in [7, 11) is 0. The Labute approximate surface area is 57.9 Å². The molecule has 0 saturated carbocycles. The van der Waals surface area contributed by atoms with Gasteiger partial charge in [0.15, 0.2) is 0 Å². The number of nitriles is 1. The zero-order chi connectivity index (χ0) is 7.40. The summed E-state index contributed by atoms with van der Waals surface area (Å²) in [4.78, 5) is 3.67. The first-order chi connectivity index (χ1) is 4.84. The fraction of sp³-hybridized carbons (Fsp3) is 0.143. The Hall–Kier alpha value is -1.43. The highest BCUT2D eigenvalue weighted by atomic mass is 19.1. The lowest BCUT2D eigenvalue weighted by Gasteiger charge is -1.92. The number of aromatic nitrogens is 1. The van der Waals surface area contributed by atoms with Crippen LogP contribution < -0.4 is 0 Å². The van der Waals surface area contributed by atoms with Gasteiger partial charge in [-0.25, -0.2) is 4.39 Å². The van der Waals surface area contributed by atoms with Crippen LogP contribution in [0.3, 0.4) is 0 Å². The van der Waals surface area contributed by atoms with Crippen LogP contribution >= 0.6 is 0 Å². The molecule has 50 valence electrons. The largest absolute Gasteiger partial charge is 0.264 e. The lowest BCUT2D eigenvalue weighted by atomic mass is 10.2. The molecule has 0 N–H and O–H groups in total. The minimum Gasteiger partial charge on any atom is -0.264 e. The van der Waals surface area contributed by atoms with E-state index in [0.29, 0.717) is 5.56 Å². The van der Waals surface area contributed by atoms with Crippen LogP contribution in [-0.2, 0) is 6.42 Å². The first-order valence-corrected chi connectivity index (χ1v) is 2.80. The highest BCUT2D eigenvalue weighted by molar-refractivity contribution is 5.15. The number of hydrogen-bond acceptors (Lipinski definition) is 2. The van der Waals surface area contributed by atoms with Crippen LogP contribution in [0.2, 0.25) is 0 Å². The molecule has 0 radical (unpaired) electrons. The van der Waals surface area contributed by atoms with Crippen molar-refractivity contribution in [2.45, 2.75) is 6.42 Å². The quantitative estimate of drug-likeness (QED) is 0.583. The Morgan fingerprint density at radius 2 is 2.50 bits per heavy atom. The van der Waals surface area contributed by atoms with E-state index in [4.69, 9.17) is 5.26 Å². The van der Waals surface area contributed by atoms with Crippen LogP contribution in [0.5, 0.6) is 0 Å². The summed E-state index contributed by atoms with van der Waals surface area (Å²) < 4.78 is 12.6. The van der Waals surface area contributed by atoms with Gasteiger partial charge >= 0.3 is 0 Å². The van der Waals surface area contributed by atoms with Crippen LogP contribution in [0.25, 0.3) is 0 Å². The minimum absolute atomic E-state index is 0.0830. The summed E-state index contributed by atoms with van der Waals surface area (Å²) in [5.41, 5.74) is 0.352. The molecule has 1 aromatic heterocycles. The Kier molecular flexibility index (Phi) is 1.96. The van der Waals surface area contributed by atoms with Gasteiger partial charge in [-0.15, -0.1) is 0 Å². The van der Waals surface area contributed by atoms with Gasteiger partial charge in [-0.05, 0) is 6.07 Å². The molecule has 2 nitrogen and oxygen atoms in total. The molecular weight excluding hydrogens is 131 g/mol. The van der Waals surface area contributed by atoms with E-state index in [1.54, 1.807) is 0 Å². The molecule has 3 heteroatoms. The van der Waals surface area contributed by atoms with Crippen molar-refractivity contribution in [1.82, 2.24) is 4.98 Å². The summed E-state index contributed by atoms with van der Waals surface area (Å²) in [5.74, 6) is -0.364. The average molecular weight is 136 g/mol. The SMILES string of the molecule is N#CCc1cnccc1F. The van der Waals surface area contributed by atoms with E-state index in [9.17, 15) is 4.39 Å². The van der Waals surface area contributed by atoms with E-state index in [1.165, 1.54) is 18.5 Å². The third-order valence-electron chi connectivity index (χ3n) is 1.11. The predicted molar refractivity (Wildman–Crippen MR) is 33.5 cm³/mol. The molecule has 0 unspecified atom stereocenters. The van der Waals surface area contributed by atoms with E-state index in [-0.39, 0.29) is 12.2 Å². The fourth-order valence-electron chi connectivity index (χ4n) is 0.625. The molecular formula is C7H5FN2. The molecule has 0 aliphatic heterocycles. The topological polar surface area (TPSA) is 36.7 Å². The summed E-state index contributed by atoms with van der Waals surface area (Å²) in [6.45, 7) is 0. The van der Waals surface area contributed by atoms with E-state index in [1.807, 2.05) is 6.07 Å². The second-order valence-corrected chi connectivity index (χ2v) is 1.80. The molecule has 0 fully saturated rings. The van der Waals surface area contributed by atoms with E-state index in [0.717, 1.165) is 0 Å². The van der Waals surface area contributed by atoms with Crippen molar-refractivity contribution in [3.05, 3.63) is 29.8 Å². The number of nitrogens with zero attached hydrogens (tertiary/aromatic N) is 2. The maximum Gasteiger partial charge on any atom is 0.130 e. The molecule has 0 aliphatic carbocycles. The number of halogens is 1. The third kappa shape index (κ3) is 1.29. The summed E-state index contributed by atoms with van der Waals surface area (Å²) in [6.07, 6.45) is 2.80. The van der Waals surface area contributed by atoms with Crippen molar-refractivity contribution in [3.63, 3.8) is 0 Å². The van der Waals surface area contributed by atoms with Gasteiger partial charge in [-0.3, -0.25) is 4.98 Å². The van der Waals surface area contributed by atoms with Crippen molar-refractivity contribution in [2.75, 3.05) is 0 Å². The van der Waals surface area contributed by atoms with E-state index >= 15 is 0 Å². The molecule has 1 heterocycles. The first kappa shape index (κ1) is 6.69. The highest BCUT2D eigenvalue weighted by Crippen LogP contribution is 2.03. The van der Waals surface area contributed by atoms with Gasteiger partial charge in [0.25, 0.3) is 0 Å². The van der Waals surface area contributed by atoms with Crippen molar-refractivity contribution < 1.29 is 4.39 Å². The number of hydrogen-bond donors (Lipinski definition) is 0. The third-order valence-corrected chi connectivity index (χ3v) is 1.11. The van der Waals surface area contributed by atoms with E-state index in [2.05, 4.69) is 4.98 Å². The second-order valence-electron chi connectivity index (χ2n) is 1.80. The van der Waals surface area contributed by atoms with Gasteiger partial charge in [0, 0.05) is 18.0 Å². The maximum absolute atomic E-state index is 12.6. The Balaban J connectivity index is 2.94. The van der Waals surface area contributed by atoms with Gasteiger partial charge < -0.3 is 0 Å². The van der Waals surface area contributed by atoms with Crippen molar-refractivity contribution in [1.29, 1.82) is 5.26 Å². The van der Waals surface area contributed by atoms with Gasteiger partial charge in [0.05, 0.1) is 12.5 Å². The van der Waals surface area contributed by atoms with Gasteiger partial charge in [0.1, 0.15) is 5.82 Å². The van der Waals surface area contributed by atoms with Crippen LogP contribution in [0.15, 0.2) is 18.5 Å². The second kappa shape index (κ2) is 2.92. The van der Waals surface area contributed by atoms with Crippen LogP contribution in [0.4, 0.5) is 4.39 Å². The number of rotatable bonds is 1. The zero-order valence-corrected chi connectivity index (χ0v) is 5.21. The molecule has 0 aromatic carbocycles. The van der Waals surface area contributed by atoms with Crippen molar-refractivity contribution in [2.24, 2.45) is 0 Å². The van der Waals surface area contributed by atoms with E-state index < -0.39 is 0 Å². The lowest BCUT2D eigenvalue weighted by molar-refractivity contribution is 0.612. The maximum atomic E-state index is 12.6. The lowest BCUT2D eigenvalue weighted by Crippen LogP contribution is -1.88. The van der Waals surface area contributed by atoms with Crippen LogP contribution in [-0.4, -0.2) is 4.98 Å². The molecule has 0 saturated heterocycles. The zero-order valence-electron chi connectivity index (χ0n) is 5.21. The normalized spacial score (nSPS) is 8.80. The molecule has 10 heavy (non-hydrogen) atoms. The number of pyridine rings is 1. The summed E-state index contributed by atoms with van der Waals surface area (Å²) in [6, 6.07) is 3.09.